The third-order valence-corrected chi connectivity index (χ3v) is 8.03. The molecule has 43 heavy (non-hydrogen) atoms. The normalized spacial score (nSPS) is 11.1. The molecule has 2 N–H and O–H groups in total. The van der Waals surface area contributed by atoms with Crippen LogP contribution in [0.1, 0.15) is 16.7 Å². The highest BCUT2D eigenvalue weighted by Crippen LogP contribution is 2.25. The summed E-state index contributed by atoms with van der Waals surface area (Å²) < 4.78 is 38.7. The fraction of sp³-hybridized carbons (Fsp3) is 0.156. The van der Waals surface area contributed by atoms with Crippen LogP contribution >= 0.6 is 0 Å². The summed E-state index contributed by atoms with van der Waals surface area (Å²) in [7, 11) is -2.59. The Balaban J connectivity index is 1.33. The minimum Gasteiger partial charge on any atom is -0.497 e. The van der Waals surface area contributed by atoms with E-state index in [9.17, 15) is 18.0 Å². The van der Waals surface area contributed by atoms with Crippen LogP contribution in [-0.4, -0.2) is 46.7 Å². The van der Waals surface area contributed by atoms with Crippen LogP contribution in [0.15, 0.2) is 113 Å². The number of carbonyl (C=O) groups excluding carboxylic acids is 2. The van der Waals surface area contributed by atoms with Crippen molar-refractivity contribution in [2.24, 2.45) is 5.10 Å². The number of rotatable bonds is 13. The number of methoxy groups -OCH3 is 1. The molecule has 0 saturated heterocycles. The summed E-state index contributed by atoms with van der Waals surface area (Å²) in [4.78, 5) is 24.9. The van der Waals surface area contributed by atoms with E-state index in [4.69, 9.17) is 9.47 Å². The number of anilines is 1. The second kappa shape index (κ2) is 14.6. The first-order valence-electron chi connectivity index (χ1n) is 13.3. The van der Waals surface area contributed by atoms with Gasteiger partial charge in [0.1, 0.15) is 18.0 Å². The SMILES string of the molecule is COc1ccc(S(=O)(=O)N(CC(=O)N/N=C/c2ccc(OCC(=O)NCc3ccccc3)cc2)c2ccc(C)cc2)cc1. The molecule has 4 rings (SSSR count). The number of sulfonamides is 1. The lowest BCUT2D eigenvalue weighted by Gasteiger charge is -2.24. The van der Waals surface area contributed by atoms with Crippen LogP contribution in [-0.2, 0) is 26.2 Å². The lowest BCUT2D eigenvalue weighted by atomic mass is 10.2. The zero-order valence-electron chi connectivity index (χ0n) is 23.8. The maximum absolute atomic E-state index is 13.5. The summed E-state index contributed by atoms with van der Waals surface area (Å²) in [6.45, 7) is 1.68. The van der Waals surface area contributed by atoms with Gasteiger partial charge in [-0.05, 0) is 78.7 Å². The lowest BCUT2D eigenvalue weighted by Crippen LogP contribution is -2.39. The average Bonchev–Trinajstić information content (AvgIpc) is 3.03. The van der Waals surface area contributed by atoms with E-state index >= 15 is 0 Å². The summed E-state index contributed by atoms with van der Waals surface area (Å²) in [6.07, 6.45) is 1.42. The smallest absolute Gasteiger partial charge is 0.264 e. The number of nitrogens with one attached hydrogen (secondary N) is 2. The predicted molar refractivity (Wildman–Crippen MR) is 165 cm³/mol. The van der Waals surface area contributed by atoms with Gasteiger partial charge in [-0.3, -0.25) is 13.9 Å². The van der Waals surface area contributed by atoms with Gasteiger partial charge in [0.25, 0.3) is 21.8 Å². The molecule has 0 saturated carbocycles. The van der Waals surface area contributed by atoms with E-state index in [0.717, 1.165) is 15.4 Å². The molecule has 0 fully saturated rings. The summed E-state index contributed by atoms with van der Waals surface area (Å²) >= 11 is 0. The minimum absolute atomic E-state index is 0.0150. The van der Waals surface area contributed by atoms with Crippen molar-refractivity contribution in [1.29, 1.82) is 0 Å². The Morgan fingerprint density at radius 1 is 0.837 bits per heavy atom. The predicted octanol–water partition coefficient (Wildman–Crippen LogP) is 4.04. The van der Waals surface area contributed by atoms with Gasteiger partial charge in [0.2, 0.25) is 0 Å². The van der Waals surface area contributed by atoms with E-state index < -0.39 is 22.5 Å². The number of carbonyl (C=O) groups is 2. The Morgan fingerprint density at radius 2 is 1.49 bits per heavy atom. The second-order valence-corrected chi connectivity index (χ2v) is 11.3. The molecule has 0 radical (unpaired) electrons. The molecule has 0 unspecified atom stereocenters. The number of hydrogen-bond donors (Lipinski definition) is 2. The Kier molecular flexibility index (Phi) is 10.5. The second-order valence-electron chi connectivity index (χ2n) is 9.44. The Bertz CT molecular complexity index is 1640. The van der Waals surface area contributed by atoms with Crippen molar-refractivity contribution < 1.29 is 27.5 Å². The number of hydrazone groups is 1. The third-order valence-electron chi connectivity index (χ3n) is 6.24. The molecule has 4 aromatic rings. The van der Waals surface area contributed by atoms with Crippen molar-refractivity contribution in [2.45, 2.75) is 18.4 Å². The molecule has 0 aliphatic rings. The maximum Gasteiger partial charge on any atom is 0.264 e. The monoisotopic (exact) mass is 600 g/mol. The summed E-state index contributed by atoms with van der Waals surface area (Å²) in [6, 6.07) is 29.1. The van der Waals surface area contributed by atoms with E-state index in [1.54, 1.807) is 60.7 Å². The highest BCUT2D eigenvalue weighted by Gasteiger charge is 2.27. The van der Waals surface area contributed by atoms with Crippen LogP contribution in [0.5, 0.6) is 11.5 Å². The molecule has 0 heterocycles. The number of amides is 2. The van der Waals surface area contributed by atoms with Gasteiger partial charge in [-0.1, -0.05) is 48.0 Å². The largest absolute Gasteiger partial charge is 0.497 e. The number of aryl methyl sites for hydroxylation is 1. The van der Waals surface area contributed by atoms with Crippen LogP contribution in [0.4, 0.5) is 5.69 Å². The molecule has 0 bridgehead atoms. The highest BCUT2D eigenvalue weighted by atomic mass is 32.2. The molecule has 0 spiro atoms. The maximum atomic E-state index is 13.5. The Hall–Kier alpha value is -5.16. The van der Waals surface area contributed by atoms with E-state index in [1.807, 2.05) is 37.3 Å². The Morgan fingerprint density at radius 3 is 2.14 bits per heavy atom. The van der Waals surface area contributed by atoms with Crippen molar-refractivity contribution in [3.63, 3.8) is 0 Å². The van der Waals surface area contributed by atoms with Crippen LogP contribution in [0.25, 0.3) is 0 Å². The molecular weight excluding hydrogens is 568 g/mol. The summed E-state index contributed by atoms with van der Waals surface area (Å²) in [5.41, 5.74) is 5.32. The van der Waals surface area contributed by atoms with E-state index in [2.05, 4.69) is 15.8 Å². The fourth-order valence-electron chi connectivity index (χ4n) is 3.89. The number of hydrogen-bond acceptors (Lipinski definition) is 7. The van der Waals surface area contributed by atoms with Gasteiger partial charge in [-0.15, -0.1) is 0 Å². The molecule has 0 atom stereocenters. The lowest BCUT2D eigenvalue weighted by molar-refractivity contribution is -0.123. The van der Waals surface area contributed by atoms with Crippen molar-refractivity contribution >= 4 is 33.7 Å². The first kappa shape index (κ1) is 30.8. The van der Waals surface area contributed by atoms with Crippen LogP contribution in [0.3, 0.4) is 0 Å². The molecule has 11 heteroatoms. The topological polar surface area (TPSA) is 126 Å². The molecule has 0 aromatic heterocycles. The molecule has 10 nitrogen and oxygen atoms in total. The van der Waals surface area contributed by atoms with Crippen LogP contribution in [0.2, 0.25) is 0 Å². The number of nitrogens with zero attached hydrogens (tertiary/aromatic N) is 2. The van der Waals surface area contributed by atoms with Crippen molar-refractivity contribution in [3.8, 4) is 11.5 Å². The molecule has 2 amide bonds. The minimum atomic E-state index is -4.08. The first-order chi connectivity index (χ1) is 20.7. The van der Waals surface area contributed by atoms with Crippen LogP contribution in [0, 0.1) is 6.92 Å². The Labute approximate surface area is 251 Å². The van der Waals surface area contributed by atoms with Gasteiger partial charge in [0, 0.05) is 6.54 Å². The summed E-state index contributed by atoms with van der Waals surface area (Å²) in [5.74, 6) is 0.131. The van der Waals surface area contributed by atoms with Gasteiger partial charge in [0.15, 0.2) is 6.61 Å². The third kappa shape index (κ3) is 8.91. The number of ether oxygens (including phenoxy) is 2. The highest BCUT2D eigenvalue weighted by molar-refractivity contribution is 7.92. The zero-order valence-corrected chi connectivity index (χ0v) is 24.6. The quantitative estimate of drug-likeness (QED) is 0.176. The summed E-state index contributed by atoms with van der Waals surface area (Å²) in [5, 5.41) is 6.77. The standard InChI is InChI=1S/C32H32N4O6S/c1-24-8-12-27(13-9-24)36(43(39,40)30-18-16-28(41-2)17-19-30)22-31(37)35-34-21-26-10-14-29(15-11-26)42-23-32(38)33-20-25-6-4-3-5-7-25/h3-19,21H,20,22-23H2,1-2H3,(H,33,38)(H,35,37)/b34-21+. The number of benzene rings is 4. The molecule has 0 aliphatic heterocycles. The van der Waals surface area contributed by atoms with E-state index in [-0.39, 0.29) is 17.4 Å². The van der Waals surface area contributed by atoms with Gasteiger partial charge in [-0.2, -0.15) is 5.10 Å². The van der Waals surface area contributed by atoms with Gasteiger partial charge in [0.05, 0.1) is 23.9 Å². The van der Waals surface area contributed by atoms with Crippen molar-refractivity contribution in [1.82, 2.24) is 10.7 Å². The fourth-order valence-corrected chi connectivity index (χ4v) is 5.31. The molecule has 0 aliphatic carbocycles. The van der Waals surface area contributed by atoms with E-state index in [1.165, 1.54) is 25.5 Å². The van der Waals surface area contributed by atoms with Crippen molar-refractivity contribution in [2.75, 3.05) is 24.6 Å². The molecule has 4 aromatic carbocycles. The average molecular weight is 601 g/mol. The zero-order chi connectivity index (χ0) is 30.7. The van der Waals surface area contributed by atoms with Gasteiger partial charge >= 0.3 is 0 Å². The van der Waals surface area contributed by atoms with Crippen molar-refractivity contribution in [3.05, 3.63) is 120 Å². The van der Waals surface area contributed by atoms with E-state index in [0.29, 0.717) is 29.3 Å². The molecule has 222 valence electrons. The van der Waals surface area contributed by atoms with Crippen LogP contribution < -0.4 is 24.5 Å². The van der Waals surface area contributed by atoms with Gasteiger partial charge < -0.3 is 14.8 Å². The first-order valence-corrected chi connectivity index (χ1v) is 14.8. The molecular formula is C32H32N4O6S. The van der Waals surface area contributed by atoms with Gasteiger partial charge in [-0.25, -0.2) is 13.8 Å².